The quantitative estimate of drug-likeness (QED) is 0.108. The summed E-state index contributed by atoms with van der Waals surface area (Å²) in [5, 5.41) is 11.1. The highest BCUT2D eigenvalue weighted by molar-refractivity contribution is 8.01. The first kappa shape index (κ1) is 38.2. The van der Waals surface area contributed by atoms with Crippen LogP contribution in [0.1, 0.15) is 87.1 Å². The number of aliphatic hydroxyl groups excluding tert-OH is 1. The van der Waals surface area contributed by atoms with Crippen LogP contribution in [0.3, 0.4) is 0 Å². The zero-order chi connectivity index (χ0) is 33.4. The number of hydrogen-bond acceptors (Lipinski definition) is 6. The van der Waals surface area contributed by atoms with Crippen LogP contribution in [-0.4, -0.2) is 42.5 Å². The Balaban J connectivity index is 1.73. The number of benzene rings is 2. The number of hydrogen-bond donors (Lipinski definition) is 1. The number of fused-ring (bicyclic) bond motifs is 1. The number of aliphatic hydroxyl groups is 1. The molecule has 0 spiro atoms. The van der Waals surface area contributed by atoms with Gasteiger partial charge in [-0.1, -0.05) is 117 Å². The third kappa shape index (κ3) is 11.2. The number of nitrogens with zero attached hydrogens (tertiary/aromatic N) is 1. The molecule has 0 aliphatic heterocycles. The molecule has 0 saturated heterocycles. The lowest BCUT2D eigenvalue weighted by molar-refractivity contribution is -0.0510. The van der Waals surface area contributed by atoms with Gasteiger partial charge in [-0.2, -0.15) is 0 Å². The van der Waals surface area contributed by atoms with E-state index >= 15 is 0 Å². The van der Waals surface area contributed by atoms with E-state index in [-0.39, 0.29) is 29.3 Å². The summed E-state index contributed by atoms with van der Waals surface area (Å²) in [5.41, 5.74) is 2.31. The van der Waals surface area contributed by atoms with Crippen LogP contribution in [-0.2, 0) is 15.8 Å². The van der Waals surface area contributed by atoms with Crippen molar-refractivity contribution in [2.24, 2.45) is 29.6 Å². The van der Waals surface area contributed by atoms with E-state index in [1.165, 1.54) is 10.3 Å². The van der Waals surface area contributed by atoms with Crippen LogP contribution in [0.25, 0.3) is 10.2 Å². The summed E-state index contributed by atoms with van der Waals surface area (Å²) in [5.74, 6) is 2.72. The lowest BCUT2D eigenvalue weighted by Gasteiger charge is -2.44. The Bertz CT molecular complexity index is 1240. The predicted octanol–water partition coefficient (Wildman–Crippen LogP) is 11.1. The van der Waals surface area contributed by atoms with Crippen molar-refractivity contribution in [3.05, 3.63) is 60.2 Å². The van der Waals surface area contributed by atoms with Crippen molar-refractivity contribution in [3.63, 3.8) is 0 Å². The first-order chi connectivity index (χ1) is 21.1. The Labute approximate surface area is 284 Å². The van der Waals surface area contributed by atoms with E-state index in [0.717, 1.165) is 34.9 Å². The Morgan fingerprint density at radius 3 is 2.09 bits per heavy atom. The van der Waals surface area contributed by atoms with E-state index in [9.17, 15) is 5.11 Å². The normalized spacial score (nSPS) is 18.2. The molecule has 1 N–H and O–H groups in total. The van der Waals surface area contributed by atoms with E-state index in [0.29, 0.717) is 30.3 Å². The van der Waals surface area contributed by atoms with Gasteiger partial charge >= 0.3 is 0 Å². The van der Waals surface area contributed by atoms with Gasteiger partial charge < -0.3 is 14.3 Å². The molecular formula is C38H61NO3S2Si. The maximum absolute atomic E-state index is 11.0. The van der Waals surface area contributed by atoms with E-state index in [1.54, 1.807) is 11.3 Å². The van der Waals surface area contributed by atoms with E-state index in [1.807, 2.05) is 11.8 Å². The van der Waals surface area contributed by atoms with Crippen LogP contribution in [0.2, 0.25) is 18.1 Å². The van der Waals surface area contributed by atoms with Crippen LogP contribution in [0, 0.1) is 29.6 Å². The van der Waals surface area contributed by atoms with Crippen molar-refractivity contribution in [2.45, 2.75) is 129 Å². The molecular weight excluding hydrogens is 611 g/mol. The van der Waals surface area contributed by atoms with Gasteiger partial charge in [-0.05, 0) is 78.8 Å². The minimum absolute atomic E-state index is 0.0116. The van der Waals surface area contributed by atoms with Gasteiger partial charge in [0.1, 0.15) is 0 Å². The van der Waals surface area contributed by atoms with Crippen molar-refractivity contribution in [2.75, 3.05) is 5.75 Å². The molecule has 0 saturated carbocycles. The molecule has 0 aliphatic carbocycles. The van der Waals surface area contributed by atoms with Gasteiger partial charge in [0.25, 0.3) is 0 Å². The van der Waals surface area contributed by atoms with Gasteiger partial charge in [-0.15, -0.1) is 11.3 Å². The van der Waals surface area contributed by atoms with Crippen LogP contribution in [0.4, 0.5) is 0 Å². The Morgan fingerprint density at radius 1 is 0.867 bits per heavy atom. The van der Waals surface area contributed by atoms with Crippen molar-refractivity contribution in [1.29, 1.82) is 0 Å². The molecule has 0 fully saturated rings. The standard InChI is InChI=1S/C38H61NO3S2Si/c1-12-33(40)30(6)36(42-45(10,11)38(7,8)9)29(5)23-28(4)35(41-24-31-18-14-13-15-19-31)27(3)22-26(2)25-43-37-39-32-20-16-17-21-34(32)44-37/h13-21,26-30,33,35-36,40H,12,22-25H2,1-11H3/t26-,27-,28-,29-,30-,33+,35+,36+/m1/s1. The monoisotopic (exact) mass is 671 g/mol. The molecule has 3 aromatic rings. The van der Waals surface area contributed by atoms with Crippen LogP contribution in [0.5, 0.6) is 0 Å². The molecule has 7 heteroatoms. The minimum Gasteiger partial charge on any atom is -0.413 e. The summed E-state index contributed by atoms with van der Waals surface area (Å²) in [6.45, 7) is 25.9. The van der Waals surface area contributed by atoms with Crippen molar-refractivity contribution < 1.29 is 14.3 Å². The Hall–Kier alpha value is -1.22. The van der Waals surface area contributed by atoms with Crippen LogP contribution >= 0.6 is 23.1 Å². The summed E-state index contributed by atoms with van der Waals surface area (Å²) < 4.78 is 16.3. The first-order valence-corrected chi connectivity index (χ1v) is 21.8. The van der Waals surface area contributed by atoms with Gasteiger partial charge in [-0.3, -0.25) is 0 Å². The average Bonchev–Trinajstić information content (AvgIpc) is 3.41. The molecule has 3 rings (SSSR count). The highest BCUT2D eigenvalue weighted by atomic mass is 32.2. The molecule has 0 amide bonds. The number of thioether (sulfide) groups is 1. The molecule has 2 aromatic carbocycles. The lowest BCUT2D eigenvalue weighted by atomic mass is 9.79. The fourth-order valence-corrected chi connectivity index (χ4v) is 9.94. The van der Waals surface area contributed by atoms with E-state index < -0.39 is 8.32 Å². The third-order valence-electron chi connectivity index (χ3n) is 10.0. The van der Waals surface area contributed by atoms with Crippen molar-refractivity contribution in [1.82, 2.24) is 4.98 Å². The summed E-state index contributed by atoms with van der Waals surface area (Å²) in [7, 11) is -2.03. The van der Waals surface area contributed by atoms with Crippen molar-refractivity contribution in [3.8, 4) is 0 Å². The second kappa shape index (κ2) is 17.3. The molecule has 1 aromatic heterocycles. The fourth-order valence-electron chi connectivity index (χ4n) is 6.32. The molecule has 252 valence electrons. The van der Waals surface area contributed by atoms with Crippen LogP contribution < -0.4 is 0 Å². The minimum atomic E-state index is -2.03. The molecule has 0 bridgehead atoms. The van der Waals surface area contributed by atoms with Gasteiger partial charge in [0.05, 0.1) is 35.1 Å². The smallest absolute Gasteiger partial charge is 0.192 e. The number of aromatic nitrogens is 1. The topological polar surface area (TPSA) is 51.6 Å². The van der Waals surface area contributed by atoms with E-state index in [4.69, 9.17) is 14.1 Å². The predicted molar refractivity (Wildman–Crippen MR) is 199 cm³/mol. The van der Waals surface area contributed by atoms with E-state index in [2.05, 4.69) is 130 Å². The summed E-state index contributed by atoms with van der Waals surface area (Å²) in [6.07, 6.45) is 2.62. The molecule has 0 radical (unpaired) electrons. The molecule has 0 aliphatic rings. The van der Waals surface area contributed by atoms with Gasteiger partial charge in [0, 0.05) is 11.7 Å². The highest BCUT2D eigenvalue weighted by Gasteiger charge is 2.43. The van der Waals surface area contributed by atoms with Crippen LogP contribution in [0.15, 0.2) is 58.9 Å². The zero-order valence-corrected chi connectivity index (χ0v) is 32.5. The summed E-state index contributed by atoms with van der Waals surface area (Å²) in [4.78, 5) is 4.84. The molecule has 8 atom stereocenters. The molecule has 45 heavy (non-hydrogen) atoms. The SMILES string of the molecule is CC[C@H](O)[C@@H](C)[C@@H](O[Si](C)(C)C(C)(C)C)[C@H](C)C[C@@H](C)[C@@H](OCc1ccccc1)[C@H](C)C[C@@H](C)CSc1nc2ccccc2s1. The summed E-state index contributed by atoms with van der Waals surface area (Å²) >= 11 is 3.68. The first-order valence-electron chi connectivity index (χ1n) is 17.1. The maximum Gasteiger partial charge on any atom is 0.192 e. The van der Waals surface area contributed by atoms with Gasteiger partial charge in [-0.25, -0.2) is 4.98 Å². The summed E-state index contributed by atoms with van der Waals surface area (Å²) in [6, 6.07) is 19.0. The fraction of sp³-hybridized carbons (Fsp3) is 0.658. The molecule has 1 heterocycles. The van der Waals surface area contributed by atoms with Gasteiger partial charge in [0.15, 0.2) is 12.7 Å². The second-order valence-electron chi connectivity index (χ2n) is 15.2. The lowest BCUT2D eigenvalue weighted by Crippen LogP contribution is -2.49. The largest absolute Gasteiger partial charge is 0.413 e. The zero-order valence-electron chi connectivity index (χ0n) is 29.9. The Kier molecular flexibility index (Phi) is 14.7. The number of ether oxygens (including phenoxy) is 1. The average molecular weight is 672 g/mol. The number of rotatable bonds is 18. The molecule has 0 unspecified atom stereocenters. The number of thiazole rings is 1. The third-order valence-corrected chi connectivity index (χ3v) is 17.0. The van der Waals surface area contributed by atoms with Gasteiger partial charge in [0.2, 0.25) is 0 Å². The Morgan fingerprint density at radius 2 is 1.47 bits per heavy atom. The van der Waals surface area contributed by atoms with Crippen molar-refractivity contribution >= 4 is 41.6 Å². The molecule has 4 nitrogen and oxygen atoms in total. The maximum atomic E-state index is 11.0. The number of para-hydroxylation sites is 1. The highest BCUT2D eigenvalue weighted by Crippen LogP contribution is 2.41. The second-order valence-corrected chi connectivity index (χ2v) is 22.3.